The second kappa shape index (κ2) is 4.30. The summed E-state index contributed by atoms with van der Waals surface area (Å²) in [5, 5.41) is 9.65. The van der Waals surface area contributed by atoms with Crippen LogP contribution in [-0.2, 0) is 0 Å². The van der Waals surface area contributed by atoms with Crippen LogP contribution < -0.4 is 0 Å². The van der Waals surface area contributed by atoms with E-state index in [1.54, 1.807) is 0 Å². The molecule has 0 N–H and O–H groups in total. The van der Waals surface area contributed by atoms with E-state index in [0.717, 1.165) is 5.56 Å². The second-order valence-electron chi connectivity index (χ2n) is 3.40. The number of nitriles is 1. The van der Waals surface area contributed by atoms with Gasteiger partial charge in [0.25, 0.3) is 0 Å². The average molecular weight is 194 g/mol. The number of benzene rings is 1. The summed E-state index contributed by atoms with van der Waals surface area (Å²) in [6, 6.07) is 9.77. The van der Waals surface area contributed by atoms with Gasteiger partial charge in [-0.3, -0.25) is 0 Å². The van der Waals surface area contributed by atoms with E-state index in [1.807, 2.05) is 38.1 Å². The van der Waals surface area contributed by atoms with E-state index in [1.165, 1.54) is 0 Å². The highest BCUT2D eigenvalue weighted by molar-refractivity contribution is 6.30. The molecule has 0 aliphatic heterocycles. The van der Waals surface area contributed by atoms with E-state index in [0.29, 0.717) is 10.9 Å². The van der Waals surface area contributed by atoms with E-state index in [-0.39, 0.29) is 5.92 Å². The summed E-state index contributed by atoms with van der Waals surface area (Å²) in [6.07, 6.45) is 0. The molecule has 0 radical (unpaired) electrons. The Bertz CT molecular complexity index is 308. The number of hydrogen-bond donors (Lipinski definition) is 0. The molecule has 0 bridgehead atoms. The van der Waals surface area contributed by atoms with Gasteiger partial charge in [-0.25, -0.2) is 0 Å². The first-order valence-corrected chi connectivity index (χ1v) is 4.68. The van der Waals surface area contributed by atoms with Gasteiger partial charge in [0.1, 0.15) is 0 Å². The number of hydrogen-bond acceptors (Lipinski definition) is 1. The monoisotopic (exact) mass is 193 g/mol. The van der Waals surface area contributed by atoms with Gasteiger partial charge in [0.2, 0.25) is 0 Å². The molecule has 0 aliphatic rings. The maximum atomic E-state index is 8.94. The Labute approximate surface area is 84.0 Å². The summed E-state index contributed by atoms with van der Waals surface area (Å²) in [5.41, 5.74) is 1.04. The van der Waals surface area contributed by atoms with E-state index >= 15 is 0 Å². The van der Waals surface area contributed by atoms with Gasteiger partial charge in [-0.2, -0.15) is 5.26 Å². The minimum Gasteiger partial charge on any atom is -0.198 e. The SMILES string of the molecule is CC(C)[C@H](C#N)c1ccc(Cl)cc1. The van der Waals surface area contributed by atoms with Crippen molar-refractivity contribution >= 4 is 11.6 Å². The zero-order valence-corrected chi connectivity index (χ0v) is 8.55. The fraction of sp³-hybridized carbons (Fsp3) is 0.364. The lowest BCUT2D eigenvalue weighted by molar-refractivity contribution is 0.587. The van der Waals surface area contributed by atoms with Crippen molar-refractivity contribution in [2.24, 2.45) is 5.92 Å². The van der Waals surface area contributed by atoms with Crippen LogP contribution in [-0.4, -0.2) is 0 Å². The Morgan fingerprint density at radius 3 is 2.15 bits per heavy atom. The predicted octanol–water partition coefficient (Wildman–Crippen LogP) is 3.60. The Morgan fingerprint density at radius 2 is 1.77 bits per heavy atom. The normalized spacial score (nSPS) is 12.5. The molecule has 1 rings (SSSR count). The van der Waals surface area contributed by atoms with Crippen LogP contribution in [0, 0.1) is 17.2 Å². The summed E-state index contributed by atoms with van der Waals surface area (Å²) in [5.74, 6) is 0.309. The van der Waals surface area contributed by atoms with Crippen molar-refractivity contribution in [3.05, 3.63) is 34.9 Å². The molecule has 0 aromatic heterocycles. The van der Waals surface area contributed by atoms with Crippen LogP contribution >= 0.6 is 11.6 Å². The second-order valence-corrected chi connectivity index (χ2v) is 3.84. The lowest BCUT2D eigenvalue weighted by Gasteiger charge is -2.12. The third-order valence-corrected chi connectivity index (χ3v) is 2.29. The number of halogens is 1. The highest BCUT2D eigenvalue weighted by Gasteiger charge is 2.13. The fourth-order valence-electron chi connectivity index (χ4n) is 1.28. The van der Waals surface area contributed by atoms with E-state index in [2.05, 4.69) is 6.07 Å². The van der Waals surface area contributed by atoms with Crippen LogP contribution in [0.4, 0.5) is 0 Å². The molecule has 0 saturated heterocycles. The quantitative estimate of drug-likeness (QED) is 0.704. The van der Waals surface area contributed by atoms with Crippen molar-refractivity contribution in [3.63, 3.8) is 0 Å². The standard InChI is InChI=1S/C11H12ClN/c1-8(2)11(7-13)9-3-5-10(12)6-4-9/h3-6,8,11H,1-2H3/t11-/m0/s1. The van der Waals surface area contributed by atoms with E-state index in [4.69, 9.17) is 16.9 Å². The molecule has 1 atom stereocenters. The third kappa shape index (κ3) is 2.47. The van der Waals surface area contributed by atoms with Crippen LogP contribution in [0.1, 0.15) is 25.3 Å². The summed E-state index contributed by atoms with van der Waals surface area (Å²) in [6.45, 7) is 4.09. The maximum Gasteiger partial charge on any atom is 0.0735 e. The zero-order chi connectivity index (χ0) is 9.84. The van der Waals surface area contributed by atoms with Crippen molar-refractivity contribution in [1.82, 2.24) is 0 Å². The zero-order valence-electron chi connectivity index (χ0n) is 7.79. The van der Waals surface area contributed by atoms with Crippen LogP contribution in [0.15, 0.2) is 24.3 Å². The fourth-order valence-corrected chi connectivity index (χ4v) is 1.40. The topological polar surface area (TPSA) is 23.8 Å². The third-order valence-electron chi connectivity index (χ3n) is 2.03. The number of rotatable bonds is 2. The average Bonchev–Trinajstić information content (AvgIpc) is 2.09. The van der Waals surface area contributed by atoms with Gasteiger partial charge in [0, 0.05) is 5.02 Å². The molecule has 0 amide bonds. The molecule has 0 saturated carbocycles. The highest BCUT2D eigenvalue weighted by atomic mass is 35.5. The lowest BCUT2D eigenvalue weighted by atomic mass is 9.90. The van der Waals surface area contributed by atoms with E-state index in [9.17, 15) is 0 Å². The van der Waals surface area contributed by atoms with Gasteiger partial charge < -0.3 is 0 Å². The molecule has 2 heteroatoms. The van der Waals surface area contributed by atoms with E-state index < -0.39 is 0 Å². The molecule has 0 aliphatic carbocycles. The Hall–Kier alpha value is -1.00. The Kier molecular flexibility index (Phi) is 3.33. The molecule has 1 aromatic rings. The molecule has 13 heavy (non-hydrogen) atoms. The molecule has 0 fully saturated rings. The molecule has 0 unspecified atom stereocenters. The Morgan fingerprint density at radius 1 is 1.23 bits per heavy atom. The first kappa shape index (κ1) is 10.1. The van der Waals surface area contributed by atoms with Gasteiger partial charge in [0.05, 0.1) is 12.0 Å². The summed E-state index contributed by atoms with van der Waals surface area (Å²) < 4.78 is 0. The Balaban J connectivity index is 2.94. The van der Waals surface area contributed by atoms with Crippen LogP contribution in [0.25, 0.3) is 0 Å². The summed E-state index contributed by atoms with van der Waals surface area (Å²) in [4.78, 5) is 0. The molecule has 68 valence electrons. The molecule has 0 spiro atoms. The van der Waals surface area contributed by atoms with Crippen molar-refractivity contribution in [2.45, 2.75) is 19.8 Å². The maximum absolute atomic E-state index is 8.94. The van der Waals surface area contributed by atoms with Crippen molar-refractivity contribution in [1.29, 1.82) is 5.26 Å². The molecule has 1 nitrogen and oxygen atoms in total. The van der Waals surface area contributed by atoms with Gasteiger partial charge in [0.15, 0.2) is 0 Å². The van der Waals surface area contributed by atoms with Gasteiger partial charge in [-0.05, 0) is 23.6 Å². The minimum atomic E-state index is -0.0303. The van der Waals surface area contributed by atoms with Crippen LogP contribution in [0.2, 0.25) is 5.02 Å². The van der Waals surface area contributed by atoms with Gasteiger partial charge in [-0.1, -0.05) is 37.6 Å². The molecular formula is C11H12ClN. The first-order valence-electron chi connectivity index (χ1n) is 4.30. The van der Waals surface area contributed by atoms with Crippen LogP contribution in [0.5, 0.6) is 0 Å². The summed E-state index contributed by atoms with van der Waals surface area (Å²) in [7, 11) is 0. The number of nitrogens with zero attached hydrogens (tertiary/aromatic N) is 1. The largest absolute Gasteiger partial charge is 0.198 e. The van der Waals surface area contributed by atoms with Crippen LogP contribution in [0.3, 0.4) is 0 Å². The van der Waals surface area contributed by atoms with Crippen molar-refractivity contribution < 1.29 is 0 Å². The first-order chi connectivity index (χ1) is 6.15. The van der Waals surface area contributed by atoms with Gasteiger partial charge in [-0.15, -0.1) is 0 Å². The lowest BCUT2D eigenvalue weighted by Crippen LogP contribution is -2.03. The minimum absolute atomic E-state index is 0.0303. The predicted molar refractivity (Wildman–Crippen MR) is 54.6 cm³/mol. The smallest absolute Gasteiger partial charge is 0.0735 e. The van der Waals surface area contributed by atoms with Gasteiger partial charge >= 0.3 is 0 Å². The highest BCUT2D eigenvalue weighted by Crippen LogP contribution is 2.24. The van der Waals surface area contributed by atoms with Crippen molar-refractivity contribution in [2.75, 3.05) is 0 Å². The van der Waals surface area contributed by atoms with Crippen molar-refractivity contribution in [3.8, 4) is 6.07 Å². The molecular weight excluding hydrogens is 182 g/mol. The summed E-state index contributed by atoms with van der Waals surface area (Å²) >= 11 is 5.76. The molecule has 0 heterocycles. The molecule has 1 aromatic carbocycles.